The summed E-state index contributed by atoms with van der Waals surface area (Å²) in [5.41, 5.74) is 0.738. The Balaban J connectivity index is 2.11. The van der Waals surface area contributed by atoms with Crippen LogP contribution in [0.3, 0.4) is 0 Å². The van der Waals surface area contributed by atoms with Gasteiger partial charge >= 0.3 is 0 Å². The molecule has 0 spiro atoms. The number of pyridine rings is 1. The van der Waals surface area contributed by atoms with Crippen LogP contribution < -0.4 is 5.32 Å². The lowest BCUT2D eigenvalue weighted by Crippen LogP contribution is -2.40. The fourth-order valence-electron chi connectivity index (χ4n) is 1.98. The molecule has 1 atom stereocenters. The molecular weight excluding hydrogens is 288 g/mol. The highest BCUT2D eigenvalue weighted by Gasteiger charge is 2.27. The average molecular weight is 305 g/mol. The Hall–Kier alpha value is -1.91. The van der Waals surface area contributed by atoms with Crippen LogP contribution in [0, 0.1) is 0 Å². The lowest BCUT2D eigenvalue weighted by atomic mass is 9.95. The van der Waals surface area contributed by atoms with E-state index in [0.717, 1.165) is 5.56 Å². The van der Waals surface area contributed by atoms with Crippen molar-refractivity contribution in [2.75, 3.05) is 13.7 Å². The molecule has 1 heterocycles. The summed E-state index contributed by atoms with van der Waals surface area (Å²) in [4.78, 5) is 16.1. The first-order chi connectivity index (χ1) is 10.1. The Morgan fingerprint density at radius 1 is 1.29 bits per heavy atom. The second-order valence-electron chi connectivity index (χ2n) is 4.83. The summed E-state index contributed by atoms with van der Waals surface area (Å²) in [6.45, 7) is 2.25. The Bertz CT molecular complexity index is 619. The number of amides is 1. The fourth-order valence-corrected chi connectivity index (χ4v) is 2.19. The second-order valence-corrected chi connectivity index (χ2v) is 5.18. The molecule has 5 heteroatoms. The van der Waals surface area contributed by atoms with Crippen LogP contribution in [0.5, 0.6) is 0 Å². The van der Waals surface area contributed by atoms with Crippen LogP contribution in [0.15, 0.2) is 48.7 Å². The van der Waals surface area contributed by atoms with Gasteiger partial charge in [-0.05, 0) is 24.6 Å². The molecule has 0 aliphatic heterocycles. The van der Waals surface area contributed by atoms with Crippen LogP contribution >= 0.6 is 11.6 Å². The number of aromatic nitrogens is 1. The zero-order chi connectivity index (χ0) is 15.3. The van der Waals surface area contributed by atoms with Gasteiger partial charge < -0.3 is 10.1 Å². The minimum Gasteiger partial charge on any atom is -0.372 e. The van der Waals surface area contributed by atoms with Gasteiger partial charge in [-0.15, -0.1) is 0 Å². The topological polar surface area (TPSA) is 51.2 Å². The average Bonchev–Trinajstić information content (AvgIpc) is 2.53. The Kier molecular flexibility index (Phi) is 4.94. The van der Waals surface area contributed by atoms with Gasteiger partial charge in [0.25, 0.3) is 5.91 Å². The van der Waals surface area contributed by atoms with E-state index < -0.39 is 5.60 Å². The van der Waals surface area contributed by atoms with E-state index in [1.54, 1.807) is 25.4 Å². The highest BCUT2D eigenvalue weighted by Crippen LogP contribution is 2.23. The molecule has 4 nitrogen and oxygen atoms in total. The van der Waals surface area contributed by atoms with Crippen LogP contribution in [0.1, 0.15) is 22.8 Å². The van der Waals surface area contributed by atoms with Gasteiger partial charge in [0, 0.05) is 13.3 Å². The van der Waals surface area contributed by atoms with Crippen molar-refractivity contribution < 1.29 is 9.53 Å². The molecule has 2 rings (SSSR count). The molecule has 110 valence electrons. The zero-order valence-electron chi connectivity index (χ0n) is 12.0. The van der Waals surface area contributed by atoms with E-state index in [4.69, 9.17) is 16.3 Å². The zero-order valence-corrected chi connectivity index (χ0v) is 12.7. The predicted octanol–water partition coefficient (Wildman–Crippen LogP) is 3.03. The standard InChI is InChI=1S/C16H17ClN2O2/c1-16(21-2,12-7-4-3-5-8-12)11-19-15(20)13-9-6-10-18-14(13)17/h3-10H,11H2,1-2H3,(H,19,20)/t16-/m0/s1. The van der Waals surface area contributed by atoms with Crippen LogP contribution in [0.4, 0.5) is 0 Å². The summed E-state index contributed by atoms with van der Waals surface area (Å²) in [6.07, 6.45) is 1.54. The molecule has 1 aromatic heterocycles. The summed E-state index contributed by atoms with van der Waals surface area (Å²) in [5.74, 6) is -0.271. The molecule has 0 saturated heterocycles. The van der Waals surface area contributed by atoms with Gasteiger partial charge in [-0.1, -0.05) is 41.9 Å². The van der Waals surface area contributed by atoms with E-state index >= 15 is 0 Å². The minimum atomic E-state index is -0.606. The van der Waals surface area contributed by atoms with Crippen LogP contribution in [0.25, 0.3) is 0 Å². The van der Waals surface area contributed by atoms with Crippen molar-refractivity contribution in [3.8, 4) is 0 Å². The molecule has 0 bridgehead atoms. The SMILES string of the molecule is CO[C@@](C)(CNC(=O)c1cccnc1Cl)c1ccccc1. The molecule has 0 unspecified atom stereocenters. The maximum Gasteiger partial charge on any atom is 0.254 e. The molecule has 1 N–H and O–H groups in total. The van der Waals surface area contributed by atoms with E-state index in [9.17, 15) is 4.79 Å². The van der Waals surface area contributed by atoms with Gasteiger partial charge in [0.1, 0.15) is 10.8 Å². The number of hydrogen-bond acceptors (Lipinski definition) is 3. The summed E-state index contributed by atoms with van der Waals surface area (Å²) in [6, 6.07) is 13.1. The monoisotopic (exact) mass is 304 g/mol. The number of rotatable bonds is 5. The van der Waals surface area contributed by atoms with Crippen molar-refractivity contribution in [3.05, 3.63) is 64.9 Å². The van der Waals surface area contributed by atoms with Crippen molar-refractivity contribution in [1.82, 2.24) is 10.3 Å². The van der Waals surface area contributed by atoms with E-state index in [1.165, 1.54) is 0 Å². The van der Waals surface area contributed by atoms with Crippen molar-refractivity contribution in [1.29, 1.82) is 0 Å². The summed E-state index contributed by atoms with van der Waals surface area (Å²) >= 11 is 5.92. The molecule has 0 radical (unpaired) electrons. The van der Waals surface area contributed by atoms with Gasteiger partial charge in [-0.2, -0.15) is 0 Å². The number of ether oxygens (including phenoxy) is 1. The lowest BCUT2D eigenvalue weighted by Gasteiger charge is -2.29. The van der Waals surface area contributed by atoms with Crippen LogP contribution in [-0.4, -0.2) is 24.5 Å². The molecular formula is C16H17ClN2O2. The number of carbonyl (C=O) groups is 1. The highest BCUT2D eigenvalue weighted by molar-refractivity contribution is 6.32. The summed E-state index contributed by atoms with van der Waals surface area (Å²) in [5, 5.41) is 3.03. The highest BCUT2D eigenvalue weighted by atomic mass is 35.5. The molecule has 1 aromatic carbocycles. The van der Waals surface area contributed by atoms with Gasteiger partial charge in [0.15, 0.2) is 0 Å². The second kappa shape index (κ2) is 6.70. The van der Waals surface area contributed by atoms with Crippen molar-refractivity contribution >= 4 is 17.5 Å². The van der Waals surface area contributed by atoms with E-state index in [-0.39, 0.29) is 11.1 Å². The number of benzene rings is 1. The number of halogens is 1. The number of methoxy groups -OCH3 is 1. The fraction of sp³-hybridized carbons (Fsp3) is 0.250. The first-order valence-electron chi connectivity index (χ1n) is 6.56. The smallest absolute Gasteiger partial charge is 0.254 e. The maximum absolute atomic E-state index is 12.2. The predicted molar refractivity (Wildman–Crippen MR) is 82.4 cm³/mol. The molecule has 2 aromatic rings. The first kappa shape index (κ1) is 15.5. The molecule has 21 heavy (non-hydrogen) atoms. The molecule has 0 fully saturated rings. The third kappa shape index (κ3) is 3.60. The normalized spacial score (nSPS) is 13.5. The Morgan fingerprint density at radius 2 is 2.00 bits per heavy atom. The van der Waals surface area contributed by atoms with Crippen LogP contribution in [-0.2, 0) is 10.3 Å². The number of nitrogens with zero attached hydrogens (tertiary/aromatic N) is 1. The third-order valence-electron chi connectivity index (χ3n) is 3.42. The largest absolute Gasteiger partial charge is 0.372 e. The first-order valence-corrected chi connectivity index (χ1v) is 6.94. The number of carbonyl (C=O) groups excluding carboxylic acids is 1. The number of nitrogens with one attached hydrogen (secondary N) is 1. The van der Waals surface area contributed by atoms with Gasteiger partial charge in [0.2, 0.25) is 0 Å². The minimum absolute atomic E-state index is 0.189. The van der Waals surface area contributed by atoms with Gasteiger partial charge in [0.05, 0.1) is 12.1 Å². The Labute approximate surface area is 129 Å². The Morgan fingerprint density at radius 3 is 2.62 bits per heavy atom. The van der Waals surface area contributed by atoms with E-state index in [2.05, 4.69) is 10.3 Å². The molecule has 1 amide bonds. The summed E-state index contributed by atoms with van der Waals surface area (Å²) < 4.78 is 5.58. The quantitative estimate of drug-likeness (QED) is 0.864. The van der Waals surface area contributed by atoms with Gasteiger partial charge in [-0.25, -0.2) is 4.98 Å². The van der Waals surface area contributed by atoms with E-state index in [1.807, 2.05) is 37.3 Å². The molecule has 0 aliphatic rings. The number of hydrogen-bond donors (Lipinski definition) is 1. The molecule has 0 saturated carbocycles. The van der Waals surface area contributed by atoms with Crippen molar-refractivity contribution in [2.45, 2.75) is 12.5 Å². The van der Waals surface area contributed by atoms with Gasteiger partial charge in [-0.3, -0.25) is 4.79 Å². The summed E-state index contributed by atoms with van der Waals surface area (Å²) in [7, 11) is 1.62. The third-order valence-corrected chi connectivity index (χ3v) is 3.73. The van der Waals surface area contributed by atoms with Crippen molar-refractivity contribution in [3.63, 3.8) is 0 Å². The maximum atomic E-state index is 12.2. The molecule has 0 aliphatic carbocycles. The van der Waals surface area contributed by atoms with Crippen molar-refractivity contribution in [2.24, 2.45) is 0 Å². The van der Waals surface area contributed by atoms with Crippen LogP contribution in [0.2, 0.25) is 5.15 Å². The van der Waals surface area contributed by atoms with E-state index in [0.29, 0.717) is 12.1 Å². The lowest BCUT2D eigenvalue weighted by molar-refractivity contribution is 0.00315.